The fourth-order valence-electron chi connectivity index (χ4n) is 1.79. The molecule has 0 aromatic carbocycles. The Hall–Kier alpha value is -1.74. The van der Waals surface area contributed by atoms with Gasteiger partial charge >= 0.3 is 12.0 Å². The van der Waals surface area contributed by atoms with Gasteiger partial charge in [-0.15, -0.1) is 12.3 Å². The zero-order valence-corrected chi connectivity index (χ0v) is 10.7. The maximum atomic E-state index is 11.9. The molecule has 2 unspecified atom stereocenters. The van der Waals surface area contributed by atoms with Crippen LogP contribution in [-0.2, 0) is 4.79 Å². The summed E-state index contributed by atoms with van der Waals surface area (Å²) in [5.74, 6) is 1.14. The highest BCUT2D eigenvalue weighted by molar-refractivity contribution is 5.82. The molecule has 1 aliphatic rings. The average Bonchev–Trinajstić information content (AvgIpc) is 2.31. The maximum Gasteiger partial charge on any atom is 0.327 e. The van der Waals surface area contributed by atoms with Gasteiger partial charge in [-0.05, 0) is 14.0 Å². The molecule has 6 nitrogen and oxygen atoms in total. The number of hydrogen-bond donors (Lipinski definition) is 2. The van der Waals surface area contributed by atoms with Crippen molar-refractivity contribution in [3.05, 3.63) is 0 Å². The largest absolute Gasteiger partial charge is 0.480 e. The molecular weight excluding hydrogens is 234 g/mol. The summed E-state index contributed by atoms with van der Waals surface area (Å²) >= 11 is 0. The standard InChI is InChI=1S/C12H19N3O3/c1-4-5-10(11(16)17)13-12(18)15-7-6-14(3)9(2)8-15/h1,9-10H,5-8H2,2-3H3,(H,13,18)(H,16,17). The van der Waals surface area contributed by atoms with E-state index < -0.39 is 12.0 Å². The first-order chi connectivity index (χ1) is 8.45. The van der Waals surface area contributed by atoms with Crippen LogP contribution in [0.4, 0.5) is 4.79 Å². The fourth-order valence-corrected chi connectivity index (χ4v) is 1.79. The first-order valence-electron chi connectivity index (χ1n) is 5.87. The Morgan fingerprint density at radius 2 is 2.22 bits per heavy atom. The van der Waals surface area contributed by atoms with Crippen LogP contribution in [0, 0.1) is 12.3 Å². The molecule has 2 atom stereocenters. The van der Waals surface area contributed by atoms with Gasteiger partial charge in [-0.25, -0.2) is 9.59 Å². The number of carbonyl (C=O) groups excluding carboxylic acids is 1. The third kappa shape index (κ3) is 3.64. The van der Waals surface area contributed by atoms with Crippen molar-refractivity contribution in [1.82, 2.24) is 15.1 Å². The van der Waals surface area contributed by atoms with Crippen LogP contribution in [0.5, 0.6) is 0 Å². The van der Waals surface area contributed by atoms with Crippen LogP contribution >= 0.6 is 0 Å². The molecule has 2 N–H and O–H groups in total. The molecule has 0 saturated carbocycles. The Morgan fingerprint density at radius 3 is 2.72 bits per heavy atom. The molecule has 18 heavy (non-hydrogen) atoms. The van der Waals surface area contributed by atoms with E-state index >= 15 is 0 Å². The normalized spacial score (nSPS) is 22.1. The minimum absolute atomic E-state index is 0.00955. The number of carbonyl (C=O) groups is 2. The molecule has 0 spiro atoms. The van der Waals surface area contributed by atoms with Gasteiger partial charge in [-0.3, -0.25) is 0 Å². The van der Waals surface area contributed by atoms with E-state index in [9.17, 15) is 9.59 Å². The lowest BCUT2D eigenvalue weighted by Crippen LogP contribution is -2.56. The highest BCUT2D eigenvalue weighted by atomic mass is 16.4. The van der Waals surface area contributed by atoms with Crippen molar-refractivity contribution in [1.29, 1.82) is 0 Å². The van der Waals surface area contributed by atoms with Crippen molar-refractivity contribution < 1.29 is 14.7 Å². The molecule has 1 fully saturated rings. The van der Waals surface area contributed by atoms with Gasteiger partial charge in [0.2, 0.25) is 0 Å². The number of aliphatic carboxylic acids is 1. The van der Waals surface area contributed by atoms with Crippen LogP contribution in [0.3, 0.4) is 0 Å². The lowest BCUT2D eigenvalue weighted by atomic mass is 10.2. The number of hydrogen-bond acceptors (Lipinski definition) is 3. The van der Waals surface area contributed by atoms with Crippen molar-refractivity contribution in [2.45, 2.75) is 25.4 Å². The highest BCUT2D eigenvalue weighted by Crippen LogP contribution is 2.07. The first-order valence-corrected chi connectivity index (χ1v) is 5.87. The van der Waals surface area contributed by atoms with Crippen molar-refractivity contribution in [2.75, 3.05) is 26.7 Å². The topological polar surface area (TPSA) is 72.9 Å². The fraction of sp³-hybridized carbons (Fsp3) is 0.667. The second-order valence-corrected chi connectivity index (χ2v) is 4.52. The molecule has 6 heteroatoms. The maximum absolute atomic E-state index is 11.9. The molecule has 2 amide bonds. The zero-order chi connectivity index (χ0) is 13.7. The second kappa shape index (κ2) is 6.26. The van der Waals surface area contributed by atoms with E-state index in [1.165, 1.54) is 0 Å². The summed E-state index contributed by atoms with van der Waals surface area (Å²) in [4.78, 5) is 26.6. The molecule has 0 bridgehead atoms. The molecule has 1 rings (SSSR count). The number of rotatable bonds is 3. The smallest absolute Gasteiger partial charge is 0.327 e. The van der Waals surface area contributed by atoms with Crippen LogP contribution in [-0.4, -0.2) is 65.7 Å². The minimum Gasteiger partial charge on any atom is -0.480 e. The quantitative estimate of drug-likeness (QED) is 0.684. The summed E-state index contributed by atoms with van der Waals surface area (Å²) in [6.07, 6.45) is 5.07. The Kier molecular flexibility index (Phi) is 4.98. The summed E-state index contributed by atoms with van der Waals surface area (Å²) < 4.78 is 0. The molecule has 0 radical (unpaired) electrons. The SMILES string of the molecule is C#CCC(NC(=O)N1CCN(C)C(C)C1)C(=O)O. The van der Waals surface area contributed by atoms with Crippen LogP contribution < -0.4 is 5.32 Å². The summed E-state index contributed by atoms with van der Waals surface area (Å²) in [6.45, 7) is 3.98. The monoisotopic (exact) mass is 253 g/mol. The number of nitrogens with one attached hydrogen (secondary N) is 1. The van der Waals surface area contributed by atoms with E-state index in [2.05, 4.69) is 16.1 Å². The van der Waals surface area contributed by atoms with Crippen LogP contribution in [0.25, 0.3) is 0 Å². The van der Waals surface area contributed by atoms with Crippen molar-refractivity contribution >= 4 is 12.0 Å². The van der Waals surface area contributed by atoms with E-state index in [0.717, 1.165) is 6.54 Å². The first kappa shape index (κ1) is 14.3. The average molecular weight is 253 g/mol. The van der Waals surface area contributed by atoms with Gasteiger partial charge in [0.25, 0.3) is 0 Å². The lowest BCUT2D eigenvalue weighted by molar-refractivity contribution is -0.139. The van der Waals surface area contributed by atoms with Crippen molar-refractivity contribution in [2.24, 2.45) is 0 Å². The van der Waals surface area contributed by atoms with Crippen molar-refractivity contribution in [3.63, 3.8) is 0 Å². The van der Waals surface area contributed by atoms with Crippen LogP contribution in [0.1, 0.15) is 13.3 Å². The Balaban J connectivity index is 2.54. The van der Waals surface area contributed by atoms with Gasteiger partial charge in [-0.1, -0.05) is 0 Å². The zero-order valence-electron chi connectivity index (χ0n) is 10.7. The third-order valence-corrected chi connectivity index (χ3v) is 3.16. The van der Waals surface area contributed by atoms with E-state index in [1.807, 2.05) is 14.0 Å². The molecule has 1 saturated heterocycles. The Bertz CT molecular complexity index is 364. The molecule has 0 aliphatic carbocycles. The number of nitrogens with zero attached hydrogens (tertiary/aromatic N) is 2. The number of piperazine rings is 1. The van der Waals surface area contributed by atoms with Gasteiger partial charge in [0.15, 0.2) is 0 Å². The molecule has 100 valence electrons. The van der Waals surface area contributed by atoms with E-state index in [-0.39, 0.29) is 18.5 Å². The lowest BCUT2D eigenvalue weighted by Gasteiger charge is -2.37. The van der Waals surface area contributed by atoms with Gasteiger partial charge < -0.3 is 20.2 Å². The summed E-state index contributed by atoms with van der Waals surface area (Å²) in [5.41, 5.74) is 0. The molecule has 1 heterocycles. The minimum atomic E-state index is -1.11. The van der Waals surface area contributed by atoms with E-state index in [1.54, 1.807) is 4.90 Å². The highest BCUT2D eigenvalue weighted by Gasteiger charge is 2.27. The van der Waals surface area contributed by atoms with E-state index in [0.29, 0.717) is 13.1 Å². The van der Waals surface area contributed by atoms with Gasteiger partial charge in [0, 0.05) is 32.1 Å². The molecular formula is C12H19N3O3. The predicted molar refractivity (Wildman–Crippen MR) is 67.1 cm³/mol. The number of amides is 2. The molecule has 0 aromatic heterocycles. The van der Waals surface area contributed by atoms with Crippen LogP contribution in [0.2, 0.25) is 0 Å². The Morgan fingerprint density at radius 1 is 1.56 bits per heavy atom. The van der Waals surface area contributed by atoms with E-state index in [4.69, 9.17) is 11.5 Å². The number of carboxylic acid groups (broad SMARTS) is 1. The summed E-state index contributed by atoms with van der Waals surface area (Å²) in [6, 6.07) is -1.12. The number of terminal acetylenes is 1. The van der Waals surface area contributed by atoms with Crippen LogP contribution in [0.15, 0.2) is 0 Å². The molecule has 1 aliphatic heterocycles. The summed E-state index contributed by atoms with van der Waals surface area (Å²) in [5, 5.41) is 11.4. The number of carboxylic acids is 1. The second-order valence-electron chi connectivity index (χ2n) is 4.52. The number of likely N-dealkylation sites (N-methyl/N-ethyl adjacent to an activating group) is 1. The predicted octanol–water partition coefficient (Wildman–Crippen LogP) is -0.192. The van der Waals surface area contributed by atoms with Crippen molar-refractivity contribution in [3.8, 4) is 12.3 Å². The Labute approximate surface area is 107 Å². The van der Waals surface area contributed by atoms with Gasteiger partial charge in [0.05, 0.1) is 0 Å². The number of urea groups is 1. The van der Waals surface area contributed by atoms with Gasteiger partial charge in [-0.2, -0.15) is 0 Å². The molecule has 0 aromatic rings. The van der Waals surface area contributed by atoms with Gasteiger partial charge in [0.1, 0.15) is 6.04 Å². The summed E-state index contributed by atoms with van der Waals surface area (Å²) in [7, 11) is 2.00. The third-order valence-electron chi connectivity index (χ3n) is 3.16.